The lowest BCUT2D eigenvalue weighted by Gasteiger charge is -2.38. The van der Waals surface area contributed by atoms with Gasteiger partial charge >= 0.3 is 0 Å². The zero-order chi connectivity index (χ0) is 17.6. The molecule has 4 atom stereocenters. The molecular formula is C19H21N3O3. The third kappa shape index (κ3) is 2.92. The van der Waals surface area contributed by atoms with Gasteiger partial charge in [0.1, 0.15) is 0 Å². The van der Waals surface area contributed by atoms with Gasteiger partial charge in [0.25, 0.3) is 5.91 Å². The molecule has 0 bridgehead atoms. The van der Waals surface area contributed by atoms with Crippen LogP contribution < -0.4 is 15.8 Å². The molecule has 2 aliphatic carbocycles. The first-order valence-electron chi connectivity index (χ1n) is 8.75. The molecule has 6 nitrogen and oxygen atoms in total. The van der Waals surface area contributed by atoms with Crippen molar-refractivity contribution >= 4 is 23.4 Å². The van der Waals surface area contributed by atoms with Gasteiger partial charge in [-0.15, -0.1) is 0 Å². The minimum Gasteiger partial charge on any atom is -0.349 e. The lowest BCUT2D eigenvalue weighted by atomic mass is 9.80. The number of amides is 3. The number of fused-ring (bicyclic) bond motifs is 1. The smallest absolute Gasteiger partial charge is 0.251 e. The second-order valence-electron chi connectivity index (χ2n) is 7.15. The van der Waals surface area contributed by atoms with Gasteiger partial charge in [0.2, 0.25) is 11.8 Å². The second kappa shape index (κ2) is 6.02. The second-order valence-corrected chi connectivity index (χ2v) is 7.15. The van der Waals surface area contributed by atoms with Crippen molar-refractivity contribution in [3.8, 4) is 0 Å². The highest BCUT2D eigenvalue weighted by molar-refractivity contribution is 6.05. The monoisotopic (exact) mass is 339 g/mol. The summed E-state index contributed by atoms with van der Waals surface area (Å²) < 4.78 is 0. The standard InChI is InChI=1S/C19H21N3O3/c1-11-9-16(11)20-17(23)12-5-4-6-13(10-12)22-19(25)15-8-3-2-7-14(15)18(24)21-22/h2-6,10-11,14-16H,7-9H2,1H3,(H,20,23)(H,21,24). The molecule has 1 aromatic rings. The first-order chi connectivity index (χ1) is 12.0. The van der Waals surface area contributed by atoms with Gasteiger partial charge in [0.05, 0.1) is 17.5 Å². The lowest BCUT2D eigenvalue weighted by Crippen LogP contribution is -2.59. The van der Waals surface area contributed by atoms with Crippen molar-refractivity contribution in [3.05, 3.63) is 42.0 Å². The number of anilines is 1. The van der Waals surface area contributed by atoms with E-state index in [2.05, 4.69) is 17.7 Å². The molecule has 4 unspecified atom stereocenters. The molecule has 4 rings (SSSR count). The summed E-state index contributed by atoms with van der Waals surface area (Å²) in [5.41, 5.74) is 3.69. The zero-order valence-corrected chi connectivity index (χ0v) is 14.1. The van der Waals surface area contributed by atoms with Crippen LogP contribution in [0.5, 0.6) is 0 Å². The third-order valence-electron chi connectivity index (χ3n) is 5.32. The Labute approximate surface area is 146 Å². The molecule has 1 heterocycles. The number of allylic oxidation sites excluding steroid dienone is 2. The fraction of sp³-hybridized carbons (Fsp3) is 0.421. The van der Waals surface area contributed by atoms with Gasteiger partial charge in [0, 0.05) is 11.6 Å². The Balaban J connectivity index is 1.56. The number of hydrogen-bond acceptors (Lipinski definition) is 3. The van der Waals surface area contributed by atoms with Crippen molar-refractivity contribution in [3.63, 3.8) is 0 Å². The highest BCUT2D eigenvalue weighted by Gasteiger charge is 2.42. The number of nitrogens with one attached hydrogen (secondary N) is 2. The van der Waals surface area contributed by atoms with Crippen molar-refractivity contribution in [2.24, 2.45) is 17.8 Å². The fourth-order valence-electron chi connectivity index (χ4n) is 3.54. The number of rotatable bonds is 3. The van der Waals surface area contributed by atoms with E-state index < -0.39 is 0 Å². The minimum absolute atomic E-state index is 0.123. The summed E-state index contributed by atoms with van der Waals surface area (Å²) in [5, 5.41) is 4.27. The Bertz CT molecular complexity index is 773. The Kier molecular flexibility index (Phi) is 3.82. The van der Waals surface area contributed by atoms with Crippen LogP contribution in [0.15, 0.2) is 36.4 Å². The van der Waals surface area contributed by atoms with E-state index in [0.29, 0.717) is 30.0 Å². The summed E-state index contributed by atoms with van der Waals surface area (Å²) in [4.78, 5) is 37.5. The van der Waals surface area contributed by atoms with Crippen molar-refractivity contribution in [2.45, 2.75) is 32.2 Å². The number of nitrogens with zero attached hydrogens (tertiary/aromatic N) is 1. The number of carbonyl (C=O) groups is 3. The van der Waals surface area contributed by atoms with Crippen LogP contribution in [0.25, 0.3) is 0 Å². The predicted molar refractivity (Wildman–Crippen MR) is 92.5 cm³/mol. The first-order valence-corrected chi connectivity index (χ1v) is 8.75. The molecule has 0 radical (unpaired) electrons. The van der Waals surface area contributed by atoms with Crippen molar-refractivity contribution in [2.75, 3.05) is 5.01 Å². The van der Waals surface area contributed by atoms with Crippen molar-refractivity contribution in [1.82, 2.24) is 10.7 Å². The largest absolute Gasteiger partial charge is 0.349 e. The van der Waals surface area contributed by atoms with Gasteiger partial charge in [-0.25, -0.2) is 5.01 Å². The van der Waals surface area contributed by atoms with Crippen LogP contribution in [0.2, 0.25) is 0 Å². The summed E-state index contributed by atoms with van der Waals surface area (Å²) in [6, 6.07) is 7.07. The minimum atomic E-state index is -0.330. The Morgan fingerprint density at radius 1 is 1.20 bits per heavy atom. The van der Waals surface area contributed by atoms with E-state index >= 15 is 0 Å². The van der Waals surface area contributed by atoms with Gasteiger partial charge in [-0.3, -0.25) is 19.8 Å². The molecule has 0 spiro atoms. The molecule has 25 heavy (non-hydrogen) atoms. The number of carbonyl (C=O) groups excluding carboxylic acids is 3. The highest BCUT2D eigenvalue weighted by Crippen LogP contribution is 2.33. The van der Waals surface area contributed by atoms with Crippen LogP contribution in [0.1, 0.15) is 36.5 Å². The summed E-state index contributed by atoms with van der Waals surface area (Å²) in [5.74, 6) is -0.519. The molecule has 130 valence electrons. The van der Waals surface area contributed by atoms with E-state index in [0.717, 1.165) is 6.42 Å². The van der Waals surface area contributed by atoms with Gasteiger partial charge in [-0.05, 0) is 43.4 Å². The van der Waals surface area contributed by atoms with Crippen LogP contribution >= 0.6 is 0 Å². The fourth-order valence-corrected chi connectivity index (χ4v) is 3.54. The molecule has 2 N–H and O–H groups in total. The van der Waals surface area contributed by atoms with Crippen molar-refractivity contribution < 1.29 is 14.4 Å². The van der Waals surface area contributed by atoms with Crippen molar-refractivity contribution in [1.29, 1.82) is 0 Å². The maximum Gasteiger partial charge on any atom is 0.251 e. The summed E-state index contributed by atoms with van der Waals surface area (Å²) in [7, 11) is 0. The average Bonchev–Trinajstić information content (AvgIpc) is 3.33. The predicted octanol–water partition coefficient (Wildman–Crippen LogP) is 1.78. The Morgan fingerprint density at radius 3 is 2.64 bits per heavy atom. The number of hydrogen-bond donors (Lipinski definition) is 2. The molecule has 3 amide bonds. The van der Waals surface area contributed by atoms with Crippen LogP contribution in [-0.4, -0.2) is 23.8 Å². The molecule has 1 aromatic carbocycles. The van der Waals surface area contributed by atoms with E-state index in [1.54, 1.807) is 24.3 Å². The molecule has 2 fully saturated rings. The number of hydrazine groups is 1. The topological polar surface area (TPSA) is 78.5 Å². The highest BCUT2D eigenvalue weighted by atomic mass is 16.2. The number of benzene rings is 1. The summed E-state index contributed by atoms with van der Waals surface area (Å²) in [6.07, 6.45) is 6.08. The molecule has 3 aliphatic rings. The van der Waals surface area contributed by atoms with Gasteiger partial charge in [-0.1, -0.05) is 25.1 Å². The lowest BCUT2D eigenvalue weighted by molar-refractivity contribution is -0.139. The van der Waals surface area contributed by atoms with Crippen LogP contribution in [0.4, 0.5) is 5.69 Å². The first kappa shape index (κ1) is 15.9. The molecule has 1 saturated carbocycles. The summed E-state index contributed by atoms with van der Waals surface area (Å²) in [6.45, 7) is 2.10. The van der Waals surface area contributed by atoms with E-state index in [9.17, 15) is 14.4 Å². The maximum absolute atomic E-state index is 12.8. The normalized spacial score (nSPS) is 30.5. The van der Waals surface area contributed by atoms with Crippen LogP contribution in [0.3, 0.4) is 0 Å². The average molecular weight is 339 g/mol. The van der Waals surface area contributed by atoms with Gasteiger partial charge in [-0.2, -0.15) is 0 Å². The van der Waals surface area contributed by atoms with Crippen LogP contribution in [0, 0.1) is 17.8 Å². The quantitative estimate of drug-likeness (QED) is 0.824. The SMILES string of the molecule is CC1CC1NC(=O)c1cccc(N2NC(=O)C3CC=CCC3C2=O)c1. The molecular weight excluding hydrogens is 318 g/mol. The van der Waals surface area contributed by atoms with E-state index in [1.807, 2.05) is 12.2 Å². The maximum atomic E-state index is 12.8. The van der Waals surface area contributed by atoms with Gasteiger partial charge < -0.3 is 5.32 Å². The van der Waals surface area contributed by atoms with E-state index in [-0.39, 0.29) is 35.6 Å². The molecule has 1 saturated heterocycles. The molecule has 6 heteroatoms. The molecule has 1 aliphatic heterocycles. The zero-order valence-electron chi connectivity index (χ0n) is 14.1. The third-order valence-corrected chi connectivity index (χ3v) is 5.32. The van der Waals surface area contributed by atoms with E-state index in [1.165, 1.54) is 5.01 Å². The Hall–Kier alpha value is -2.63. The van der Waals surface area contributed by atoms with E-state index in [4.69, 9.17) is 0 Å². The molecule has 0 aromatic heterocycles. The van der Waals surface area contributed by atoms with Gasteiger partial charge in [0.15, 0.2) is 0 Å². The van der Waals surface area contributed by atoms with Crippen LogP contribution in [-0.2, 0) is 9.59 Å². The summed E-state index contributed by atoms with van der Waals surface area (Å²) >= 11 is 0. The Morgan fingerprint density at radius 2 is 1.92 bits per heavy atom.